The van der Waals surface area contributed by atoms with Crippen LogP contribution in [0.5, 0.6) is 0 Å². The van der Waals surface area contributed by atoms with Gasteiger partial charge in [0.2, 0.25) is 11.7 Å². The van der Waals surface area contributed by atoms with Gasteiger partial charge in [-0.2, -0.15) is 0 Å². The molecule has 0 aliphatic carbocycles. The number of fused-ring (bicyclic) bond motifs is 1. The van der Waals surface area contributed by atoms with Crippen LogP contribution in [-0.2, 0) is 11.2 Å². The lowest BCUT2D eigenvalue weighted by molar-refractivity contribution is -0.134. The Labute approximate surface area is 149 Å². The molecule has 2 aromatic heterocycles. The quantitative estimate of drug-likeness (QED) is 0.785. The van der Waals surface area contributed by atoms with Crippen LogP contribution in [0.3, 0.4) is 0 Å². The molecule has 1 N–H and O–H groups in total. The van der Waals surface area contributed by atoms with E-state index in [1.807, 2.05) is 0 Å². The minimum atomic E-state index is -0.348. The number of nitrogens with one attached hydrogen (secondary N) is 1. The zero-order valence-electron chi connectivity index (χ0n) is 14.2. The topological polar surface area (TPSA) is 70.5 Å². The number of H-pyrrole nitrogens is 1. The zero-order valence-corrected chi connectivity index (χ0v) is 14.2. The first-order valence-corrected chi connectivity index (χ1v) is 8.72. The molecule has 1 saturated heterocycles. The van der Waals surface area contributed by atoms with Gasteiger partial charge < -0.3 is 9.88 Å². The van der Waals surface area contributed by atoms with Gasteiger partial charge in [0.05, 0.1) is 12.5 Å². The molecule has 0 bridgehead atoms. The fourth-order valence-electron chi connectivity index (χ4n) is 3.60. The molecule has 1 amide bonds. The number of carbonyl (C=O) groups excluding carboxylic acids is 1. The summed E-state index contributed by atoms with van der Waals surface area (Å²) in [6, 6.07) is 7.44. The number of hydrogen-bond acceptors (Lipinski definition) is 3. The first kappa shape index (κ1) is 16.5. The lowest BCUT2D eigenvalue weighted by atomic mass is 9.98. The van der Waals surface area contributed by atoms with E-state index in [1.165, 1.54) is 22.6 Å². The molecule has 6 nitrogen and oxygen atoms in total. The minimum Gasteiger partial charge on any atom is -0.334 e. The molecule has 1 aromatic carbocycles. The first-order valence-electron chi connectivity index (χ1n) is 8.72. The monoisotopic (exact) mass is 354 g/mol. The van der Waals surface area contributed by atoms with Gasteiger partial charge in [-0.25, -0.2) is 9.37 Å². The average Bonchev–Trinajstić information content (AvgIpc) is 3.11. The Morgan fingerprint density at radius 1 is 1.31 bits per heavy atom. The van der Waals surface area contributed by atoms with Crippen molar-refractivity contribution in [1.82, 2.24) is 19.3 Å². The third-order valence-corrected chi connectivity index (χ3v) is 4.84. The maximum Gasteiger partial charge on any atom is 0.259 e. The van der Waals surface area contributed by atoms with Crippen LogP contribution in [0.25, 0.3) is 5.78 Å². The van der Waals surface area contributed by atoms with Crippen molar-refractivity contribution in [3.63, 3.8) is 0 Å². The maximum atomic E-state index is 13.4. The van der Waals surface area contributed by atoms with Crippen molar-refractivity contribution in [2.45, 2.75) is 31.7 Å². The van der Waals surface area contributed by atoms with Crippen molar-refractivity contribution in [1.29, 1.82) is 0 Å². The second-order valence-electron chi connectivity index (χ2n) is 6.59. The summed E-state index contributed by atoms with van der Waals surface area (Å²) in [6.07, 6.45) is 5.99. The molecule has 1 aliphatic rings. The summed E-state index contributed by atoms with van der Waals surface area (Å²) in [5, 5.41) is 0. The summed E-state index contributed by atoms with van der Waals surface area (Å²) >= 11 is 0. The van der Waals surface area contributed by atoms with Gasteiger partial charge in [-0.05, 0) is 37.0 Å². The van der Waals surface area contributed by atoms with Crippen molar-refractivity contribution in [3.8, 4) is 0 Å². The summed E-state index contributed by atoms with van der Waals surface area (Å²) in [5.74, 6) is 0.0551. The van der Waals surface area contributed by atoms with Gasteiger partial charge in [-0.1, -0.05) is 12.1 Å². The number of likely N-dealkylation sites (tertiary alicyclic amines) is 1. The lowest BCUT2D eigenvalue weighted by Crippen LogP contribution is -2.40. The number of nitrogens with zero attached hydrogens (tertiary/aromatic N) is 3. The van der Waals surface area contributed by atoms with Gasteiger partial charge >= 0.3 is 0 Å². The summed E-state index contributed by atoms with van der Waals surface area (Å²) in [4.78, 5) is 34.2. The smallest absolute Gasteiger partial charge is 0.259 e. The molecule has 1 fully saturated rings. The number of amides is 1. The molecule has 1 aliphatic heterocycles. The number of hydrogen-bond donors (Lipinski definition) is 1. The van der Waals surface area contributed by atoms with E-state index in [0.29, 0.717) is 23.6 Å². The van der Waals surface area contributed by atoms with E-state index in [4.69, 9.17) is 0 Å². The molecule has 134 valence electrons. The molecule has 3 aromatic rings. The van der Waals surface area contributed by atoms with E-state index < -0.39 is 0 Å². The van der Waals surface area contributed by atoms with Crippen molar-refractivity contribution in [3.05, 3.63) is 70.2 Å². The largest absolute Gasteiger partial charge is 0.334 e. The Balaban J connectivity index is 1.63. The van der Waals surface area contributed by atoms with Crippen LogP contribution in [0, 0.1) is 5.82 Å². The van der Waals surface area contributed by atoms with Crippen molar-refractivity contribution in [2.24, 2.45) is 0 Å². The highest BCUT2D eigenvalue weighted by Crippen LogP contribution is 2.30. The third-order valence-electron chi connectivity index (χ3n) is 4.84. The Morgan fingerprint density at radius 2 is 2.19 bits per heavy atom. The lowest BCUT2D eigenvalue weighted by Gasteiger charge is -2.35. The molecular formula is C19H19FN4O2. The summed E-state index contributed by atoms with van der Waals surface area (Å²) in [6.45, 7) is 0.625. The molecule has 7 heteroatoms. The van der Waals surface area contributed by atoms with E-state index in [2.05, 4.69) is 9.97 Å². The number of halogens is 1. The minimum absolute atomic E-state index is 0.0654. The van der Waals surface area contributed by atoms with Crippen molar-refractivity contribution < 1.29 is 9.18 Å². The average molecular weight is 354 g/mol. The van der Waals surface area contributed by atoms with Crippen LogP contribution >= 0.6 is 0 Å². The number of carbonyl (C=O) groups is 1. The van der Waals surface area contributed by atoms with Gasteiger partial charge in [0.15, 0.2) is 0 Å². The first-order chi connectivity index (χ1) is 12.6. The maximum absolute atomic E-state index is 13.4. The van der Waals surface area contributed by atoms with E-state index in [-0.39, 0.29) is 29.7 Å². The van der Waals surface area contributed by atoms with Crippen molar-refractivity contribution in [2.75, 3.05) is 6.54 Å². The van der Waals surface area contributed by atoms with E-state index in [0.717, 1.165) is 19.3 Å². The second-order valence-corrected chi connectivity index (χ2v) is 6.59. The number of aromatic nitrogens is 3. The number of rotatable bonds is 3. The molecule has 4 rings (SSSR count). The number of piperidine rings is 1. The zero-order chi connectivity index (χ0) is 18.1. The Hall–Kier alpha value is -2.96. The number of aromatic amines is 1. The molecule has 0 spiro atoms. The van der Waals surface area contributed by atoms with Crippen LogP contribution in [0.1, 0.15) is 36.6 Å². The Morgan fingerprint density at radius 3 is 3.04 bits per heavy atom. The highest BCUT2D eigenvalue weighted by atomic mass is 19.1. The molecule has 0 saturated carbocycles. The molecule has 1 atom stereocenters. The van der Waals surface area contributed by atoms with Crippen LogP contribution in [0.2, 0.25) is 0 Å². The standard InChI is InChI=1S/C19H19FN4O2/c20-14-5-3-4-13(10-14)11-17(25)23-8-2-1-6-16(23)15-12-18(26)24-9-7-21-19(24)22-15/h3-5,7,9-10,12,16H,1-2,6,8,11H2,(H,21,22). The van der Waals surface area contributed by atoms with Gasteiger partial charge in [-0.3, -0.25) is 14.0 Å². The molecule has 3 heterocycles. The predicted molar refractivity (Wildman–Crippen MR) is 94.2 cm³/mol. The fourth-order valence-corrected chi connectivity index (χ4v) is 3.60. The van der Waals surface area contributed by atoms with Gasteiger partial charge in [-0.15, -0.1) is 0 Å². The van der Waals surface area contributed by atoms with Crippen LogP contribution < -0.4 is 5.56 Å². The summed E-state index contributed by atoms with van der Waals surface area (Å²) in [5.41, 5.74) is 1.17. The highest BCUT2D eigenvalue weighted by Gasteiger charge is 2.29. The van der Waals surface area contributed by atoms with E-state index in [9.17, 15) is 14.0 Å². The molecule has 26 heavy (non-hydrogen) atoms. The number of benzene rings is 1. The second kappa shape index (κ2) is 6.74. The summed E-state index contributed by atoms with van der Waals surface area (Å²) in [7, 11) is 0. The van der Waals surface area contributed by atoms with Gasteiger partial charge in [0.1, 0.15) is 5.82 Å². The van der Waals surface area contributed by atoms with Gasteiger partial charge in [0.25, 0.3) is 5.56 Å². The van der Waals surface area contributed by atoms with E-state index in [1.54, 1.807) is 29.4 Å². The predicted octanol–water partition coefficient (Wildman–Crippen LogP) is 2.46. The molecular weight excluding hydrogens is 335 g/mol. The molecule has 0 radical (unpaired) electrons. The number of imidazole rings is 1. The Bertz CT molecular complexity index is 1010. The van der Waals surface area contributed by atoms with Gasteiger partial charge in [0, 0.05) is 30.7 Å². The normalized spacial score (nSPS) is 17.6. The Kier molecular flexibility index (Phi) is 4.28. The van der Waals surface area contributed by atoms with Crippen LogP contribution in [-0.4, -0.2) is 31.7 Å². The third kappa shape index (κ3) is 3.12. The molecule has 1 unspecified atom stereocenters. The SMILES string of the molecule is O=C(Cc1cccc(F)c1)N1CCCCC1c1cc(=O)n2ccnc2[nH]1. The van der Waals surface area contributed by atoms with Crippen molar-refractivity contribution >= 4 is 11.7 Å². The van der Waals surface area contributed by atoms with Crippen LogP contribution in [0.15, 0.2) is 47.5 Å². The van der Waals surface area contributed by atoms with E-state index >= 15 is 0 Å². The fraction of sp³-hybridized carbons (Fsp3) is 0.316. The van der Waals surface area contributed by atoms with Crippen LogP contribution in [0.4, 0.5) is 4.39 Å². The highest BCUT2D eigenvalue weighted by molar-refractivity contribution is 5.79. The summed E-state index contributed by atoms with van der Waals surface area (Å²) < 4.78 is 14.8.